The summed E-state index contributed by atoms with van der Waals surface area (Å²) < 4.78 is 5.21. The van der Waals surface area contributed by atoms with Crippen molar-refractivity contribution in [3.8, 4) is 16.9 Å². The van der Waals surface area contributed by atoms with Crippen molar-refractivity contribution in [3.63, 3.8) is 0 Å². The summed E-state index contributed by atoms with van der Waals surface area (Å²) in [6.07, 6.45) is 4.89. The van der Waals surface area contributed by atoms with Crippen LogP contribution < -0.4 is 15.4 Å². The second-order valence-corrected chi connectivity index (χ2v) is 9.87. The van der Waals surface area contributed by atoms with E-state index in [1.54, 1.807) is 92.1 Å². The SMILES string of the molecule is COc1ccc(/C=C(\NC(=O)c2ccccc2)C(=O)Nc2ccc(C(=O)/C=C/c3ccc(-c4ccccc4)cc3)cc2)cc1. The topological polar surface area (TPSA) is 84.5 Å². The standard InChI is InChI=1S/C38H30N2O4/c1-44-34-23-14-28(15-24-34)26-35(40-37(42)32-10-6-3-7-11-32)38(43)39-33-21-19-31(20-22-33)36(41)25-16-27-12-17-30(18-13-27)29-8-4-2-5-9-29/h2-26H,1H3,(H,39,43)(H,40,42)/b25-16+,35-26-. The van der Waals surface area contributed by atoms with Gasteiger partial charge in [0, 0.05) is 16.8 Å². The van der Waals surface area contributed by atoms with E-state index in [0.717, 1.165) is 16.7 Å². The monoisotopic (exact) mass is 578 g/mol. The van der Waals surface area contributed by atoms with Gasteiger partial charge in [0.25, 0.3) is 11.8 Å². The molecule has 0 aliphatic carbocycles. The maximum absolute atomic E-state index is 13.3. The summed E-state index contributed by atoms with van der Waals surface area (Å²) in [4.78, 5) is 39.0. The third-order valence-corrected chi connectivity index (χ3v) is 6.83. The first-order valence-corrected chi connectivity index (χ1v) is 14.0. The number of allylic oxidation sites excluding steroid dienone is 1. The second-order valence-electron chi connectivity index (χ2n) is 9.87. The number of nitrogens with one attached hydrogen (secondary N) is 2. The fourth-order valence-corrected chi connectivity index (χ4v) is 4.41. The number of ether oxygens (including phenoxy) is 1. The molecule has 0 aliphatic heterocycles. The first kappa shape index (κ1) is 29.5. The summed E-state index contributed by atoms with van der Waals surface area (Å²) in [5.74, 6) is -0.414. The number of carbonyl (C=O) groups is 3. The Balaban J connectivity index is 1.26. The minimum Gasteiger partial charge on any atom is -0.497 e. The number of anilines is 1. The maximum atomic E-state index is 13.3. The fraction of sp³-hybridized carbons (Fsp3) is 0.0263. The van der Waals surface area contributed by atoms with Crippen LogP contribution in [0.25, 0.3) is 23.3 Å². The van der Waals surface area contributed by atoms with Crippen molar-refractivity contribution in [3.05, 3.63) is 167 Å². The van der Waals surface area contributed by atoms with E-state index in [9.17, 15) is 14.4 Å². The van der Waals surface area contributed by atoms with Gasteiger partial charge in [0.2, 0.25) is 0 Å². The van der Waals surface area contributed by atoms with Crippen LogP contribution in [-0.2, 0) is 4.79 Å². The van der Waals surface area contributed by atoms with E-state index < -0.39 is 11.8 Å². The van der Waals surface area contributed by atoms with Crippen LogP contribution in [0.2, 0.25) is 0 Å². The molecule has 0 unspecified atom stereocenters. The van der Waals surface area contributed by atoms with E-state index in [4.69, 9.17) is 4.74 Å². The van der Waals surface area contributed by atoms with Crippen LogP contribution in [0.1, 0.15) is 31.8 Å². The lowest BCUT2D eigenvalue weighted by molar-refractivity contribution is -0.113. The van der Waals surface area contributed by atoms with E-state index >= 15 is 0 Å². The summed E-state index contributed by atoms with van der Waals surface area (Å²) in [6, 6.07) is 40.4. The third kappa shape index (κ3) is 7.84. The number of ketones is 1. The molecule has 0 aromatic heterocycles. The molecule has 2 amide bonds. The molecule has 5 rings (SSSR count). The predicted octanol–water partition coefficient (Wildman–Crippen LogP) is 7.67. The lowest BCUT2D eigenvalue weighted by atomic mass is 10.0. The lowest BCUT2D eigenvalue weighted by Gasteiger charge is -2.12. The van der Waals surface area contributed by atoms with Crippen molar-refractivity contribution in [1.29, 1.82) is 0 Å². The van der Waals surface area contributed by atoms with Gasteiger partial charge in [0.05, 0.1) is 7.11 Å². The lowest BCUT2D eigenvalue weighted by Crippen LogP contribution is -2.30. The number of benzene rings is 5. The highest BCUT2D eigenvalue weighted by Gasteiger charge is 2.15. The molecular weight excluding hydrogens is 548 g/mol. The summed E-state index contributed by atoms with van der Waals surface area (Å²) in [5.41, 5.74) is 5.28. The highest BCUT2D eigenvalue weighted by molar-refractivity contribution is 6.11. The minimum absolute atomic E-state index is 0.0605. The Labute approximate surface area is 256 Å². The van der Waals surface area contributed by atoms with Crippen LogP contribution in [0, 0.1) is 0 Å². The van der Waals surface area contributed by atoms with E-state index in [-0.39, 0.29) is 11.5 Å². The number of carbonyl (C=O) groups excluding carboxylic acids is 3. The van der Waals surface area contributed by atoms with Crippen LogP contribution in [0.4, 0.5) is 5.69 Å². The normalized spacial score (nSPS) is 11.2. The summed E-state index contributed by atoms with van der Waals surface area (Å²) in [6.45, 7) is 0. The average Bonchev–Trinajstić information content (AvgIpc) is 3.08. The molecule has 6 nitrogen and oxygen atoms in total. The Bertz CT molecular complexity index is 1790. The van der Waals surface area contributed by atoms with Gasteiger partial charge < -0.3 is 15.4 Å². The van der Waals surface area contributed by atoms with Gasteiger partial charge in [-0.25, -0.2) is 0 Å². The van der Waals surface area contributed by atoms with E-state index in [0.29, 0.717) is 28.1 Å². The first-order valence-electron chi connectivity index (χ1n) is 14.0. The van der Waals surface area contributed by atoms with Crippen LogP contribution in [0.15, 0.2) is 145 Å². The zero-order valence-corrected chi connectivity index (χ0v) is 24.1. The average molecular weight is 579 g/mol. The Morgan fingerprint density at radius 1 is 0.614 bits per heavy atom. The number of hydrogen-bond acceptors (Lipinski definition) is 4. The van der Waals surface area contributed by atoms with Gasteiger partial charge in [-0.05, 0) is 82.9 Å². The van der Waals surface area contributed by atoms with Gasteiger partial charge in [0.1, 0.15) is 11.4 Å². The highest BCUT2D eigenvalue weighted by atomic mass is 16.5. The number of amides is 2. The van der Waals surface area contributed by atoms with Crippen molar-refractivity contribution >= 4 is 35.4 Å². The molecule has 6 heteroatoms. The second kappa shape index (κ2) is 14.2. The molecule has 0 bridgehead atoms. The fourth-order valence-electron chi connectivity index (χ4n) is 4.41. The molecule has 0 saturated carbocycles. The molecule has 0 aliphatic rings. The van der Waals surface area contributed by atoms with Crippen molar-refractivity contribution in [2.24, 2.45) is 0 Å². The molecule has 5 aromatic carbocycles. The van der Waals surface area contributed by atoms with E-state index in [2.05, 4.69) is 22.8 Å². The number of rotatable bonds is 10. The molecule has 0 radical (unpaired) electrons. The molecule has 0 heterocycles. The van der Waals surface area contributed by atoms with Crippen molar-refractivity contribution in [2.45, 2.75) is 0 Å². The van der Waals surface area contributed by atoms with Crippen LogP contribution >= 0.6 is 0 Å². The van der Waals surface area contributed by atoms with Crippen LogP contribution in [0.3, 0.4) is 0 Å². The third-order valence-electron chi connectivity index (χ3n) is 6.83. The van der Waals surface area contributed by atoms with Crippen LogP contribution in [0.5, 0.6) is 5.75 Å². The molecule has 0 spiro atoms. The van der Waals surface area contributed by atoms with Gasteiger partial charge in [-0.2, -0.15) is 0 Å². The summed E-state index contributed by atoms with van der Waals surface area (Å²) >= 11 is 0. The quantitative estimate of drug-likeness (QED) is 0.132. The van der Waals surface area contributed by atoms with Gasteiger partial charge in [0.15, 0.2) is 5.78 Å². The molecule has 0 fully saturated rings. The van der Waals surface area contributed by atoms with E-state index in [1.165, 1.54) is 6.08 Å². The molecule has 2 N–H and O–H groups in total. The van der Waals surface area contributed by atoms with Crippen LogP contribution in [-0.4, -0.2) is 24.7 Å². The van der Waals surface area contributed by atoms with Gasteiger partial charge >= 0.3 is 0 Å². The minimum atomic E-state index is -0.511. The zero-order valence-electron chi connectivity index (χ0n) is 24.1. The molecule has 216 valence electrons. The molecule has 0 saturated heterocycles. The van der Waals surface area contributed by atoms with Gasteiger partial charge in [-0.15, -0.1) is 0 Å². The Kier molecular flexibility index (Phi) is 9.55. The maximum Gasteiger partial charge on any atom is 0.272 e. The Morgan fingerprint density at radius 3 is 1.84 bits per heavy atom. The molecule has 44 heavy (non-hydrogen) atoms. The smallest absolute Gasteiger partial charge is 0.272 e. The van der Waals surface area contributed by atoms with E-state index in [1.807, 2.05) is 48.5 Å². The first-order chi connectivity index (χ1) is 21.5. The largest absolute Gasteiger partial charge is 0.497 e. The molecule has 0 atom stereocenters. The predicted molar refractivity (Wildman–Crippen MR) is 175 cm³/mol. The number of methoxy groups -OCH3 is 1. The van der Waals surface area contributed by atoms with Gasteiger partial charge in [-0.3, -0.25) is 14.4 Å². The van der Waals surface area contributed by atoms with Gasteiger partial charge in [-0.1, -0.05) is 91.0 Å². The summed E-state index contributed by atoms with van der Waals surface area (Å²) in [5, 5.41) is 5.53. The highest BCUT2D eigenvalue weighted by Crippen LogP contribution is 2.20. The zero-order chi connectivity index (χ0) is 30.7. The van der Waals surface area contributed by atoms with Crippen molar-refractivity contribution in [1.82, 2.24) is 5.32 Å². The summed E-state index contributed by atoms with van der Waals surface area (Å²) in [7, 11) is 1.57. The Morgan fingerprint density at radius 2 is 1.20 bits per heavy atom. The van der Waals surface area contributed by atoms with Crippen molar-refractivity contribution in [2.75, 3.05) is 12.4 Å². The molecule has 5 aromatic rings. The van der Waals surface area contributed by atoms with Crippen molar-refractivity contribution < 1.29 is 19.1 Å². The Hall–Kier alpha value is -6.01. The number of hydrogen-bond donors (Lipinski definition) is 2. The molecular formula is C38H30N2O4.